The van der Waals surface area contributed by atoms with Crippen LogP contribution in [0.5, 0.6) is 0 Å². The molecule has 7 heteroatoms. The first-order valence-electron chi connectivity index (χ1n) is 8.22. The maximum Gasteiger partial charge on any atom is 0.241 e. The Hall–Kier alpha value is -1.96. The minimum atomic E-state index is -0.544. The number of hydrogen-bond donors (Lipinski definition) is 3. The van der Waals surface area contributed by atoms with Gasteiger partial charge in [-0.25, -0.2) is 0 Å². The van der Waals surface area contributed by atoms with E-state index in [1.807, 2.05) is 13.8 Å². The molecule has 1 atom stereocenters. The molecule has 1 heterocycles. The molecule has 1 unspecified atom stereocenters. The zero-order valence-corrected chi connectivity index (χ0v) is 14.2. The van der Waals surface area contributed by atoms with Crippen LogP contribution in [0, 0.1) is 5.92 Å². The number of nitrogens with two attached hydrogens (primary N) is 1. The monoisotopic (exact) mass is 334 g/mol. The van der Waals surface area contributed by atoms with Gasteiger partial charge in [0.2, 0.25) is 11.8 Å². The third kappa shape index (κ3) is 5.59. The number of nitrogens with zero attached hydrogens (tertiary/aromatic N) is 1. The highest BCUT2D eigenvalue weighted by molar-refractivity contribution is 5.95. The molecule has 0 radical (unpaired) electrons. The van der Waals surface area contributed by atoms with E-state index in [4.69, 9.17) is 10.5 Å². The van der Waals surface area contributed by atoms with Crippen molar-refractivity contribution in [3.8, 4) is 0 Å². The fourth-order valence-electron chi connectivity index (χ4n) is 2.33. The van der Waals surface area contributed by atoms with Crippen LogP contribution in [0.3, 0.4) is 0 Å². The summed E-state index contributed by atoms with van der Waals surface area (Å²) in [4.78, 5) is 26.0. The minimum absolute atomic E-state index is 0.0597. The molecule has 1 fully saturated rings. The first kappa shape index (κ1) is 18.4. The number of ether oxygens (including phenoxy) is 1. The molecule has 132 valence electrons. The highest BCUT2D eigenvalue weighted by atomic mass is 16.5. The summed E-state index contributed by atoms with van der Waals surface area (Å²) >= 11 is 0. The van der Waals surface area contributed by atoms with Crippen LogP contribution in [0.2, 0.25) is 0 Å². The van der Waals surface area contributed by atoms with Crippen molar-refractivity contribution in [3.63, 3.8) is 0 Å². The smallest absolute Gasteiger partial charge is 0.241 e. The van der Waals surface area contributed by atoms with Crippen molar-refractivity contribution in [2.75, 3.05) is 43.5 Å². The third-order valence-electron chi connectivity index (χ3n) is 3.93. The van der Waals surface area contributed by atoms with E-state index in [9.17, 15) is 9.59 Å². The maximum atomic E-state index is 12.0. The zero-order chi connectivity index (χ0) is 17.5. The van der Waals surface area contributed by atoms with E-state index in [2.05, 4.69) is 15.5 Å². The lowest BCUT2D eigenvalue weighted by Crippen LogP contribution is -2.41. The van der Waals surface area contributed by atoms with E-state index in [0.29, 0.717) is 31.1 Å². The van der Waals surface area contributed by atoms with Crippen LogP contribution in [-0.4, -0.2) is 55.6 Å². The van der Waals surface area contributed by atoms with E-state index in [1.54, 1.807) is 24.3 Å². The quantitative estimate of drug-likeness (QED) is 0.717. The highest BCUT2D eigenvalue weighted by Crippen LogP contribution is 2.14. The molecule has 2 rings (SSSR count). The normalized spacial score (nSPS) is 16.7. The average molecular weight is 334 g/mol. The summed E-state index contributed by atoms with van der Waals surface area (Å²) in [6.07, 6.45) is 0. The Kier molecular flexibility index (Phi) is 6.72. The number of nitrogens with one attached hydrogen (secondary N) is 2. The number of rotatable bonds is 6. The van der Waals surface area contributed by atoms with Crippen molar-refractivity contribution in [3.05, 3.63) is 24.3 Å². The van der Waals surface area contributed by atoms with Crippen LogP contribution >= 0.6 is 0 Å². The van der Waals surface area contributed by atoms with Crippen LogP contribution in [0.4, 0.5) is 11.4 Å². The Morgan fingerprint density at radius 2 is 1.67 bits per heavy atom. The van der Waals surface area contributed by atoms with Crippen LogP contribution in [0.25, 0.3) is 0 Å². The molecule has 0 spiro atoms. The summed E-state index contributed by atoms with van der Waals surface area (Å²) in [5.41, 5.74) is 7.16. The molecule has 7 nitrogen and oxygen atoms in total. The van der Waals surface area contributed by atoms with Gasteiger partial charge in [-0.1, -0.05) is 13.8 Å². The van der Waals surface area contributed by atoms with Gasteiger partial charge in [-0.15, -0.1) is 0 Å². The van der Waals surface area contributed by atoms with Gasteiger partial charge in [0.15, 0.2) is 0 Å². The van der Waals surface area contributed by atoms with Gasteiger partial charge in [-0.3, -0.25) is 14.5 Å². The van der Waals surface area contributed by atoms with Gasteiger partial charge in [0.1, 0.15) is 0 Å². The molecular formula is C17H26N4O3. The Balaban J connectivity index is 1.83. The molecule has 0 saturated carbocycles. The molecule has 0 aromatic heterocycles. The van der Waals surface area contributed by atoms with Gasteiger partial charge >= 0.3 is 0 Å². The molecule has 1 aromatic carbocycles. The van der Waals surface area contributed by atoms with E-state index < -0.39 is 6.04 Å². The Morgan fingerprint density at radius 1 is 1.12 bits per heavy atom. The molecule has 0 aliphatic carbocycles. The fourth-order valence-corrected chi connectivity index (χ4v) is 2.33. The number of benzene rings is 1. The maximum absolute atomic E-state index is 12.0. The molecule has 24 heavy (non-hydrogen) atoms. The van der Waals surface area contributed by atoms with Crippen molar-refractivity contribution in [1.82, 2.24) is 4.90 Å². The molecule has 1 aliphatic rings. The molecule has 2 amide bonds. The lowest BCUT2D eigenvalue weighted by atomic mass is 10.0. The topological polar surface area (TPSA) is 96.7 Å². The zero-order valence-electron chi connectivity index (χ0n) is 14.2. The summed E-state index contributed by atoms with van der Waals surface area (Å²) in [6, 6.07) is 6.46. The standard InChI is InChI=1S/C17H26N4O3/c1-12(2)16(18)17(23)20-14-5-3-13(4-6-14)19-15(22)11-21-7-9-24-10-8-21/h3-6,12,16H,7-11,18H2,1-2H3,(H,19,22)(H,20,23). The second-order valence-electron chi connectivity index (χ2n) is 6.27. The van der Waals surface area contributed by atoms with Gasteiger partial charge in [0, 0.05) is 24.5 Å². The largest absolute Gasteiger partial charge is 0.379 e. The van der Waals surface area contributed by atoms with Gasteiger partial charge in [0.05, 0.1) is 25.8 Å². The summed E-state index contributed by atoms with van der Waals surface area (Å²) in [5.74, 6) is -0.201. The fraction of sp³-hybridized carbons (Fsp3) is 0.529. The predicted molar refractivity (Wildman–Crippen MR) is 93.8 cm³/mol. The van der Waals surface area contributed by atoms with Crippen molar-refractivity contribution < 1.29 is 14.3 Å². The second-order valence-corrected chi connectivity index (χ2v) is 6.27. The van der Waals surface area contributed by atoms with E-state index >= 15 is 0 Å². The van der Waals surface area contributed by atoms with Gasteiger partial charge in [-0.05, 0) is 30.2 Å². The SMILES string of the molecule is CC(C)C(N)C(=O)Nc1ccc(NC(=O)CN2CCOCC2)cc1. The predicted octanol–water partition coefficient (Wildman–Crippen LogP) is 0.879. The van der Waals surface area contributed by atoms with Crippen LogP contribution < -0.4 is 16.4 Å². The van der Waals surface area contributed by atoms with Gasteiger partial charge in [-0.2, -0.15) is 0 Å². The lowest BCUT2D eigenvalue weighted by Gasteiger charge is -2.25. The van der Waals surface area contributed by atoms with Crippen molar-refractivity contribution in [2.45, 2.75) is 19.9 Å². The van der Waals surface area contributed by atoms with Gasteiger partial charge in [0.25, 0.3) is 0 Å². The third-order valence-corrected chi connectivity index (χ3v) is 3.93. The average Bonchev–Trinajstić information content (AvgIpc) is 2.56. The summed E-state index contributed by atoms with van der Waals surface area (Å²) in [5, 5.41) is 5.62. The summed E-state index contributed by atoms with van der Waals surface area (Å²) in [6.45, 7) is 7.03. The van der Waals surface area contributed by atoms with Crippen LogP contribution in [0.15, 0.2) is 24.3 Å². The number of carbonyl (C=O) groups is 2. The molecule has 1 saturated heterocycles. The Bertz CT molecular complexity index is 553. The van der Waals surface area contributed by atoms with E-state index in [1.165, 1.54) is 0 Å². The van der Waals surface area contributed by atoms with Gasteiger partial charge < -0.3 is 21.1 Å². The molecule has 1 aromatic rings. The minimum Gasteiger partial charge on any atom is -0.379 e. The van der Waals surface area contributed by atoms with Crippen molar-refractivity contribution in [2.24, 2.45) is 11.7 Å². The number of carbonyl (C=O) groups excluding carboxylic acids is 2. The van der Waals surface area contributed by atoms with E-state index in [0.717, 1.165) is 13.1 Å². The highest BCUT2D eigenvalue weighted by Gasteiger charge is 2.17. The molecule has 0 bridgehead atoms. The Morgan fingerprint density at radius 3 is 2.21 bits per heavy atom. The summed E-state index contributed by atoms with van der Waals surface area (Å²) in [7, 11) is 0. The first-order valence-corrected chi connectivity index (χ1v) is 8.22. The van der Waals surface area contributed by atoms with E-state index in [-0.39, 0.29) is 17.7 Å². The van der Waals surface area contributed by atoms with Crippen LogP contribution in [-0.2, 0) is 14.3 Å². The number of amides is 2. The molecule has 4 N–H and O–H groups in total. The lowest BCUT2D eigenvalue weighted by molar-refractivity contribution is -0.119. The number of morpholine rings is 1. The molecule has 1 aliphatic heterocycles. The summed E-state index contributed by atoms with van der Waals surface area (Å²) < 4.78 is 5.26. The molecular weight excluding hydrogens is 308 g/mol. The second kappa shape index (κ2) is 8.77. The Labute approximate surface area is 142 Å². The van der Waals surface area contributed by atoms with Crippen LogP contribution in [0.1, 0.15) is 13.8 Å². The number of hydrogen-bond acceptors (Lipinski definition) is 5. The van der Waals surface area contributed by atoms with Crippen molar-refractivity contribution >= 4 is 23.2 Å². The first-order chi connectivity index (χ1) is 11.5. The van der Waals surface area contributed by atoms with Crippen molar-refractivity contribution in [1.29, 1.82) is 0 Å². The number of anilines is 2.